The van der Waals surface area contributed by atoms with Crippen LogP contribution in [-0.2, 0) is 0 Å². The highest BCUT2D eigenvalue weighted by atomic mass is 79.9. The molecule has 1 aliphatic rings. The van der Waals surface area contributed by atoms with Crippen molar-refractivity contribution in [2.45, 2.75) is 17.7 Å². The second-order valence-corrected chi connectivity index (χ2v) is 5.73. The first kappa shape index (κ1) is 15.0. The average molecular weight is 395 g/mol. The Morgan fingerprint density at radius 1 is 1.24 bits per heavy atom. The zero-order valence-electron chi connectivity index (χ0n) is 7.79. The monoisotopic (exact) mass is 393 g/mol. The molecule has 0 aromatic rings. The van der Waals surface area contributed by atoms with E-state index >= 15 is 0 Å². The van der Waals surface area contributed by atoms with Crippen LogP contribution in [0, 0.1) is 11.3 Å². The van der Waals surface area contributed by atoms with E-state index in [1.165, 1.54) is 6.07 Å². The summed E-state index contributed by atoms with van der Waals surface area (Å²) < 4.78 is 36.7. The van der Waals surface area contributed by atoms with Gasteiger partial charge in [0.1, 0.15) is 18.3 Å². The van der Waals surface area contributed by atoms with Crippen molar-refractivity contribution in [3.8, 4) is 6.07 Å². The number of nitrogens with zero attached hydrogens (tertiary/aromatic N) is 1. The number of allylic oxidation sites excluding steroid dienone is 1. The molecule has 0 radical (unpaired) electrons. The minimum absolute atomic E-state index is 0.107. The number of aliphatic hydroxyl groups is 2. The Morgan fingerprint density at radius 2 is 1.65 bits per heavy atom. The lowest BCUT2D eigenvalue weighted by atomic mass is 10.1. The Balaban J connectivity index is 3.18. The first-order chi connectivity index (χ1) is 7.69. The SMILES string of the molecule is N#CC(SC(F)(F)F)=C1C(O)C(Br)=C(Br)C1O. The molecule has 2 unspecified atom stereocenters. The van der Waals surface area contributed by atoms with Crippen molar-refractivity contribution >= 4 is 43.6 Å². The average Bonchev–Trinajstić information content (AvgIpc) is 2.40. The van der Waals surface area contributed by atoms with Crippen LogP contribution in [0.15, 0.2) is 19.4 Å². The van der Waals surface area contributed by atoms with Crippen LogP contribution >= 0.6 is 43.6 Å². The molecule has 0 bridgehead atoms. The Hall–Kier alpha value is -0.0100. The van der Waals surface area contributed by atoms with E-state index in [0.717, 1.165) is 0 Å². The predicted octanol–water partition coefficient (Wildman–Crippen LogP) is 2.75. The smallest absolute Gasteiger partial charge is 0.383 e. The first-order valence-corrected chi connectivity index (χ1v) is 6.40. The molecule has 0 aliphatic heterocycles. The fraction of sp³-hybridized carbons (Fsp3) is 0.375. The molecule has 1 aliphatic carbocycles. The molecule has 0 aromatic carbocycles. The molecule has 9 heteroatoms. The molecule has 0 spiro atoms. The van der Waals surface area contributed by atoms with Crippen molar-refractivity contribution in [2.24, 2.45) is 0 Å². The second-order valence-electron chi connectivity index (χ2n) is 2.95. The number of halogens is 5. The number of rotatable bonds is 1. The molecule has 17 heavy (non-hydrogen) atoms. The summed E-state index contributed by atoms with van der Waals surface area (Å²) in [5, 5.41) is 27.9. The number of aliphatic hydroxyl groups excluding tert-OH is 2. The number of alkyl halides is 3. The van der Waals surface area contributed by atoms with Gasteiger partial charge in [-0.05, 0) is 11.8 Å². The van der Waals surface area contributed by atoms with Crippen LogP contribution in [0.2, 0.25) is 0 Å². The maximum absolute atomic E-state index is 12.2. The van der Waals surface area contributed by atoms with E-state index < -0.39 is 34.4 Å². The van der Waals surface area contributed by atoms with Gasteiger partial charge in [0.15, 0.2) is 0 Å². The number of thioether (sulfide) groups is 1. The van der Waals surface area contributed by atoms with Gasteiger partial charge in [0.05, 0.1) is 4.91 Å². The zero-order valence-corrected chi connectivity index (χ0v) is 11.8. The van der Waals surface area contributed by atoms with Gasteiger partial charge in [-0.3, -0.25) is 0 Å². The molecule has 0 fully saturated rings. The van der Waals surface area contributed by atoms with Gasteiger partial charge < -0.3 is 10.2 Å². The quantitative estimate of drug-likeness (QED) is 0.671. The molecule has 0 heterocycles. The highest BCUT2D eigenvalue weighted by molar-refractivity contribution is 9.14. The van der Waals surface area contributed by atoms with Gasteiger partial charge in [0.25, 0.3) is 0 Å². The lowest BCUT2D eigenvalue weighted by molar-refractivity contribution is -0.0321. The third-order valence-electron chi connectivity index (χ3n) is 1.88. The standard InChI is InChI=1S/C8H4Br2F3NO2S/c9-4-5(10)7(16)3(6(4)15)2(1-14)17-8(11,12)13/h6-7,15-16H. The van der Waals surface area contributed by atoms with Crippen LogP contribution in [-0.4, -0.2) is 27.9 Å². The van der Waals surface area contributed by atoms with Crippen molar-refractivity contribution in [3.05, 3.63) is 19.4 Å². The largest absolute Gasteiger partial charge is 0.447 e. The Labute approximate surface area is 115 Å². The van der Waals surface area contributed by atoms with Crippen molar-refractivity contribution in [3.63, 3.8) is 0 Å². The fourth-order valence-corrected chi connectivity index (χ4v) is 2.74. The van der Waals surface area contributed by atoms with E-state index in [4.69, 9.17) is 5.26 Å². The van der Waals surface area contributed by atoms with E-state index in [1.54, 1.807) is 0 Å². The minimum atomic E-state index is -4.65. The summed E-state index contributed by atoms with van der Waals surface area (Å²) in [6.07, 6.45) is -2.91. The van der Waals surface area contributed by atoms with E-state index in [1.807, 2.05) is 0 Å². The Kier molecular flexibility index (Phi) is 4.71. The fourth-order valence-electron chi connectivity index (χ4n) is 1.19. The van der Waals surface area contributed by atoms with Gasteiger partial charge in [0.2, 0.25) is 0 Å². The van der Waals surface area contributed by atoms with E-state index in [-0.39, 0.29) is 14.5 Å². The highest BCUT2D eigenvalue weighted by Crippen LogP contribution is 2.45. The van der Waals surface area contributed by atoms with Gasteiger partial charge in [0, 0.05) is 14.5 Å². The summed E-state index contributed by atoms with van der Waals surface area (Å²) in [5.41, 5.74) is -5.03. The van der Waals surface area contributed by atoms with Crippen molar-refractivity contribution in [2.75, 3.05) is 0 Å². The molecule has 0 aromatic heterocycles. The van der Waals surface area contributed by atoms with Crippen molar-refractivity contribution in [1.29, 1.82) is 5.26 Å². The molecular weight excluding hydrogens is 391 g/mol. The zero-order chi connectivity index (χ0) is 13.4. The maximum atomic E-state index is 12.2. The van der Waals surface area contributed by atoms with Crippen LogP contribution < -0.4 is 0 Å². The molecule has 2 N–H and O–H groups in total. The summed E-state index contributed by atoms with van der Waals surface area (Å²) in [4.78, 5) is -0.760. The molecule has 2 atom stereocenters. The normalized spacial score (nSPS) is 25.2. The third kappa shape index (κ3) is 3.26. The van der Waals surface area contributed by atoms with Gasteiger partial charge in [-0.25, -0.2) is 0 Å². The molecular formula is C8H4Br2F3NO2S. The van der Waals surface area contributed by atoms with Crippen LogP contribution in [0.1, 0.15) is 0 Å². The lowest BCUT2D eigenvalue weighted by Gasteiger charge is -2.13. The minimum Gasteiger partial charge on any atom is -0.383 e. The molecule has 0 saturated heterocycles. The highest BCUT2D eigenvalue weighted by Gasteiger charge is 2.40. The second kappa shape index (κ2) is 5.32. The van der Waals surface area contributed by atoms with E-state index in [2.05, 4.69) is 31.9 Å². The summed E-state index contributed by atoms with van der Waals surface area (Å²) in [5.74, 6) is 0. The summed E-state index contributed by atoms with van der Waals surface area (Å²) >= 11 is 5.17. The Morgan fingerprint density at radius 3 is 1.94 bits per heavy atom. The molecule has 94 valence electrons. The molecule has 0 amide bonds. The summed E-state index contributed by atoms with van der Waals surface area (Å²) in [6, 6.07) is 1.34. The van der Waals surface area contributed by atoms with Crippen LogP contribution in [0.25, 0.3) is 0 Å². The molecule has 1 rings (SSSR count). The lowest BCUT2D eigenvalue weighted by Crippen LogP contribution is -2.16. The van der Waals surface area contributed by atoms with Crippen LogP contribution in [0.4, 0.5) is 13.2 Å². The number of hydrogen-bond acceptors (Lipinski definition) is 4. The molecule has 0 saturated carbocycles. The Bertz CT molecular complexity index is 421. The van der Waals surface area contributed by atoms with Crippen LogP contribution in [0.5, 0.6) is 0 Å². The van der Waals surface area contributed by atoms with Gasteiger partial charge >= 0.3 is 5.51 Å². The predicted molar refractivity (Wildman–Crippen MR) is 63.2 cm³/mol. The third-order valence-corrected chi connectivity index (χ3v) is 4.90. The first-order valence-electron chi connectivity index (χ1n) is 4.00. The van der Waals surface area contributed by atoms with E-state index in [9.17, 15) is 23.4 Å². The topological polar surface area (TPSA) is 64.2 Å². The van der Waals surface area contributed by atoms with Gasteiger partial charge in [-0.2, -0.15) is 18.4 Å². The number of nitriles is 1. The van der Waals surface area contributed by atoms with E-state index in [0.29, 0.717) is 0 Å². The maximum Gasteiger partial charge on any atom is 0.447 e. The number of hydrogen-bond donors (Lipinski definition) is 2. The van der Waals surface area contributed by atoms with Crippen molar-refractivity contribution < 1.29 is 23.4 Å². The van der Waals surface area contributed by atoms with Gasteiger partial charge in [-0.15, -0.1) is 0 Å². The van der Waals surface area contributed by atoms with Gasteiger partial charge in [-0.1, -0.05) is 31.9 Å². The van der Waals surface area contributed by atoms with Crippen LogP contribution in [0.3, 0.4) is 0 Å². The molecule has 3 nitrogen and oxygen atoms in total. The van der Waals surface area contributed by atoms with Crippen molar-refractivity contribution in [1.82, 2.24) is 0 Å². The summed E-state index contributed by atoms with van der Waals surface area (Å²) in [7, 11) is 0. The summed E-state index contributed by atoms with van der Waals surface area (Å²) in [6.45, 7) is 0.